The van der Waals surface area contributed by atoms with Crippen LogP contribution in [-0.4, -0.2) is 140 Å². The average Bonchev–Trinajstić information content (AvgIpc) is 3.06. The van der Waals surface area contributed by atoms with Crippen molar-refractivity contribution in [2.24, 2.45) is 0 Å². The number of aliphatic hydroxyl groups excluding tert-OH is 8. The summed E-state index contributed by atoms with van der Waals surface area (Å²) in [6.07, 6.45) is -1.13. The van der Waals surface area contributed by atoms with Crippen molar-refractivity contribution in [2.45, 2.75) is 184 Å². The first kappa shape index (κ1) is 42.2. The van der Waals surface area contributed by atoms with Gasteiger partial charge in [-0.2, -0.15) is 0 Å². The molecule has 0 aromatic rings. The molecule has 2 aliphatic rings. The van der Waals surface area contributed by atoms with Gasteiger partial charge >= 0.3 is 0 Å². The van der Waals surface area contributed by atoms with Gasteiger partial charge in [-0.15, -0.1) is 0 Å². The Kier molecular flexibility index (Phi) is 21.0. The lowest BCUT2D eigenvalue weighted by Crippen LogP contribution is -2.65. The molecule has 0 radical (unpaired) electrons. The van der Waals surface area contributed by atoms with E-state index in [1.54, 1.807) is 0 Å². The van der Waals surface area contributed by atoms with Gasteiger partial charge in [0.25, 0.3) is 0 Å². The van der Waals surface area contributed by atoms with Gasteiger partial charge in [0.1, 0.15) is 48.8 Å². The summed E-state index contributed by atoms with van der Waals surface area (Å²) in [5.41, 5.74) is 0. The van der Waals surface area contributed by atoms with E-state index >= 15 is 0 Å². The summed E-state index contributed by atoms with van der Waals surface area (Å²) in [7, 11) is 0. The lowest BCUT2D eigenvalue weighted by molar-refractivity contribution is -0.359. The van der Waals surface area contributed by atoms with Crippen LogP contribution in [0.2, 0.25) is 0 Å². The Morgan fingerprint density at radius 3 is 1.77 bits per heavy atom. The highest BCUT2D eigenvalue weighted by molar-refractivity contribution is 5.76. The van der Waals surface area contributed by atoms with Gasteiger partial charge in [-0.25, -0.2) is 0 Å². The second kappa shape index (κ2) is 23.4. The van der Waals surface area contributed by atoms with E-state index in [1.165, 1.54) is 51.4 Å². The van der Waals surface area contributed by atoms with E-state index in [1.807, 2.05) is 6.92 Å². The van der Waals surface area contributed by atoms with Crippen molar-refractivity contribution in [2.75, 3.05) is 19.8 Å². The number of hydrogen-bond acceptors (Lipinski definition) is 13. The number of aliphatic hydroxyl groups is 8. The van der Waals surface area contributed by atoms with Crippen molar-refractivity contribution in [3.05, 3.63) is 0 Å². The van der Waals surface area contributed by atoms with Gasteiger partial charge in [0.2, 0.25) is 5.91 Å². The Morgan fingerprint density at radius 1 is 0.681 bits per heavy atom. The van der Waals surface area contributed by atoms with Gasteiger partial charge in [0.05, 0.1) is 32.0 Å². The number of nitrogens with one attached hydrogen (secondary N) is 1. The van der Waals surface area contributed by atoms with Crippen LogP contribution in [0.1, 0.15) is 110 Å². The minimum atomic E-state index is -1.77. The molecule has 2 fully saturated rings. The Bertz CT molecular complexity index is 821. The maximum atomic E-state index is 12.4. The molecule has 0 aromatic heterocycles. The predicted octanol–water partition coefficient (Wildman–Crippen LogP) is 0.364. The largest absolute Gasteiger partial charge is 0.394 e. The fourth-order valence-electron chi connectivity index (χ4n) is 6.04. The average molecular weight is 682 g/mol. The maximum absolute atomic E-state index is 12.4. The van der Waals surface area contributed by atoms with E-state index in [0.29, 0.717) is 12.8 Å². The second-order valence-electron chi connectivity index (χ2n) is 13.0. The van der Waals surface area contributed by atoms with Gasteiger partial charge < -0.3 is 65.1 Å². The van der Waals surface area contributed by atoms with Crippen LogP contribution < -0.4 is 5.32 Å². The SMILES string of the molecule is CCCCCCCCCCCCCCC(O)C(COC1OC(CO)C(OC2OC(CO)C(O)C(O)C2O)C(O)C1O)NC(=O)CCC. The van der Waals surface area contributed by atoms with Crippen LogP contribution in [0.5, 0.6) is 0 Å². The van der Waals surface area contributed by atoms with E-state index in [4.69, 9.17) is 18.9 Å². The zero-order chi connectivity index (χ0) is 34.8. The molecular formula is C33H63NO13. The molecule has 0 bridgehead atoms. The molecule has 9 N–H and O–H groups in total. The topological polar surface area (TPSA) is 228 Å². The van der Waals surface area contributed by atoms with Crippen LogP contribution in [0.4, 0.5) is 0 Å². The normalized spacial score (nSPS) is 32.6. The van der Waals surface area contributed by atoms with E-state index in [-0.39, 0.29) is 18.9 Å². The number of carbonyl (C=O) groups is 1. The van der Waals surface area contributed by atoms with Gasteiger partial charge in [-0.1, -0.05) is 90.9 Å². The van der Waals surface area contributed by atoms with Gasteiger partial charge in [0.15, 0.2) is 12.6 Å². The van der Waals surface area contributed by atoms with Gasteiger partial charge in [0, 0.05) is 6.42 Å². The van der Waals surface area contributed by atoms with E-state index in [0.717, 1.165) is 25.7 Å². The molecule has 2 rings (SSSR count). The van der Waals surface area contributed by atoms with Crippen molar-refractivity contribution in [3.8, 4) is 0 Å². The molecule has 14 nitrogen and oxygen atoms in total. The molecule has 47 heavy (non-hydrogen) atoms. The first-order valence-corrected chi connectivity index (χ1v) is 17.8. The lowest BCUT2D eigenvalue weighted by Gasteiger charge is -2.46. The number of hydrogen-bond donors (Lipinski definition) is 9. The molecular weight excluding hydrogens is 618 g/mol. The molecule has 14 heteroatoms. The van der Waals surface area contributed by atoms with Crippen LogP contribution >= 0.6 is 0 Å². The summed E-state index contributed by atoms with van der Waals surface area (Å²) >= 11 is 0. The third-order valence-corrected chi connectivity index (χ3v) is 9.04. The first-order chi connectivity index (χ1) is 22.6. The Morgan fingerprint density at radius 2 is 1.21 bits per heavy atom. The van der Waals surface area contributed by atoms with Crippen LogP contribution in [0.3, 0.4) is 0 Å². The minimum absolute atomic E-state index is 0.250. The van der Waals surface area contributed by atoms with Gasteiger partial charge in [-0.3, -0.25) is 4.79 Å². The minimum Gasteiger partial charge on any atom is -0.394 e. The molecule has 2 aliphatic heterocycles. The molecule has 1 amide bonds. The molecule has 0 spiro atoms. The van der Waals surface area contributed by atoms with Crippen molar-refractivity contribution in [1.29, 1.82) is 0 Å². The highest BCUT2D eigenvalue weighted by Gasteiger charge is 2.50. The molecule has 2 heterocycles. The Labute approximate surface area is 279 Å². The monoisotopic (exact) mass is 681 g/mol. The number of rotatable bonds is 24. The van der Waals surface area contributed by atoms with Crippen LogP contribution in [0.15, 0.2) is 0 Å². The summed E-state index contributed by atoms with van der Waals surface area (Å²) in [4.78, 5) is 12.4. The summed E-state index contributed by atoms with van der Waals surface area (Å²) in [6.45, 7) is 2.43. The van der Waals surface area contributed by atoms with Crippen LogP contribution in [0.25, 0.3) is 0 Å². The number of ether oxygens (including phenoxy) is 4. The number of carbonyl (C=O) groups excluding carboxylic acids is 1. The molecule has 0 saturated carbocycles. The highest BCUT2D eigenvalue weighted by Crippen LogP contribution is 2.29. The molecule has 278 valence electrons. The molecule has 2 saturated heterocycles. The van der Waals surface area contributed by atoms with Crippen molar-refractivity contribution >= 4 is 5.91 Å². The van der Waals surface area contributed by atoms with Crippen molar-refractivity contribution in [1.82, 2.24) is 5.32 Å². The molecule has 0 aliphatic carbocycles. The van der Waals surface area contributed by atoms with Crippen LogP contribution in [0, 0.1) is 0 Å². The predicted molar refractivity (Wildman–Crippen MR) is 171 cm³/mol. The number of unbranched alkanes of at least 4 members (excludes halogenated alkanes) is 11. The number of amides is 1. The summed E-state index contributed by atoms with van der Waals surface area (Å²) in [5.74, 6) is -0.263. The van der Waals surface area contributed by atoms with E-state index in [2.05, 4.69) is 12.2 Å². The molecule has 12 unspecified atom stereocenters. The van der Waals surface area contributed by atoms with Crippen LogP contribution in [-0.2, 0) is 23.7 Å². The van der Waals surface area contributed by atoms with Crippen molar-refractivity contribution < 1.29 is 64.6 Å². The highest BCUT2D eigenvalue weighted by atomic mass is 16.7. The summed E-state index contributed by atoms with van der Waals surface area (Å²) < 4.78 is 22.3. The fraction of sp³-hybridized carbons (Fsp3) is 0.970. The van der Waals surface area contributed by atoms with E-state index < -0.39 is 86.8 Å². The van der Waals surface area contributed by atoms with Gasteiger partial charge in [-0.05, 0) is 12.8 Å². The summed E-state index contributed by atoms with van der Waals surface area (Å²) in [5, 5.41) is 85.2. The summed E-state index contributed by atoms with van der Waals surface area (Å²) in [6, 6.07) is -0.814. The second-order valence-corrected chi connectivity index (χ2v) is 13.0. The smallest absolute Gasteiger partial charge is 0.220 e. The maximum Gasteiger partial charge on any atom is 0.220 e. The molecule has 0 aromatic carbocycles. The third-order valence-electron chi connectivity index (χ3n) is 9.04. The first-order valence-electron chi connectivity index (χ1n) is 17.8. The lowest BCUT2D eigenvalue weighted by atomic mass is 9.97. The van der Waals surface area contributed by atoms with Crippen molar-refractivity contribution in [3.63, 3.8) is 0 Å². The third kappa shape index (κ3) is 14.0. The quantitative estimate of drug-likeness (QED) is 0.0628. The Hall–Kier alpha value is -1.01. The Balaban J connectivity index is 1.87. The fourth-order valence-corrected chi connectivity index (χ4v) is 6.04. The molecule has 12 atom stereocenters. The standard InChI is InChI=1S/C33H63NO13/c1-3-5-6-7-8-9-10-11-12-13-14-15-17-22(37)21(34-25(38)16-4-2)20-44-32-30(43)28(41)31(24(19-36)46-32)47-33-29(42)27(40)26(39)23(18-35)45-33/h21-24,26-33,35-37,39-43H,3-20H2,1-2H3,(H,34,38). The zero-order valence-corrected chi connectivity index (χ0v) is 28.3. The zero-order valence-electron chi connectivity index (χ0n) is 28.3. The van der Waals surface area contributed by atoms with E-state index in [9.17, 15) is 45.6 Å².